The Hall–Kier alpha value is -1.94. The van der Waals surface area contributed by atoms with E-state index in [0.717, 1.165) is 24.1 Å². The first-order chi connectivity index (χ1) is 9.29. The van der Waals surface area contributed by atoms with E-state index in [1.807, 2.05) is 25.1 Å². The van der Waals surface area contributed by atoms with E-state index in [9.17, 15) is 0 Å². The highest BCUT2D eigenvalue weighted by molar-refractivity contribution is 5.24. The van der Waals surface area contributed by atoms with Gasteiger partial charge in [-0.15, -0.1) is 0 Å². The molecule has 2 rings (SSSR count). The molecule has 100 valence electrons. The lowest BCUT2D eigenvalue weighted by atomic mass is 10.1. The zero-order valence-corrected chi connectivity index (χ0v) is 11.0. The van der Waals surface area contributed by atoms with Crippen LogP contribution in [0.25, 0.3) is 0 Å². The Balaban J connectivity index is 1.78. The lowest BCUT2D eigenvalue weighted by molar-refractivity contribution is 0.277. The van der Waals surface area contributed by atoms with Crippen molar-refractivity contribution in [2.75, 3.05) is 6.61 Å². The molecule has 2 heterocycles. The SMILES string of the molecule is Cc1nc(OCCCc2ccncc2)ccc1CO. The summed E-state index contributed by atoms with van der Waals surface area (Å²) in [4.78, 5) is 8.28. The first-order valence-electron chi connectivity index (χ1n) is 6.38. The minimum atomic E-state index is 0.0150. The molecule has 0 spiro atoms. The second-order valence-electron chi connectivity index (χ2n) is 4.36. The van der Waals surface area contributed by atoms with E-state index in [-0.39, 0.29) is 6.61 Å². The highest BCUT2D eigenvalue weighted by Crippen LogP contribution is 2.13. The third-order valence-electron chi connectivity index (χ3n) is 2.95. The van der Waals surface area contributed by atoms with Crippen molar-refractivity contribution >= 4 is 0 Å². The third kappa shape index (κ3) is 4.03. The van der Waals surface area contributed by atoms with Crippen molar-refractivity contribution in [3.63, 3.8) is 0 Å². The summed E-state index contributed by atoms with van der Waals surface area (Å²) in [6.45, 7) is 2.52. The number of hydrogen-bond acceptors (Lipinski definition) is 4. The molecule has 0 atom stereocenters. The van der Waals surface area contributed by atoms with Crippen LogP contribution in [0.3, 0.4) is 0 Å². The summed E-state index contributed by atoms with van der Waals surface area (Å²) < 4.78 is 5.60. The van der Waals surface area contributed by atoms with Gasteiger partial charge in [0.15, 0.2) is 0 Å². The molecule has 0 aromatic carbocycles. The Morgan fingerprint density at radius 3 is 2.63 bits per heavy atom. The summed E-state index contributed by atoms with van der Waals surface area (Å²) in [6.07, 6.45) is 5.51. The lowest BCUT2D eigenvalue weighted by Crippen LogP contribution is -2.02. The van der Waals surface area contributed by atoms with Crippen molar-refractivity contribution in [2.45, 2.75) is 26.4 Å². The number of nitrogens with zero attached hydrogens (tertiary/aromatic N) is 2. The molecule has 4 nitrogen and oxygen atoms in total. The van der Waals surface area contributed by atoms with Crippen molar-refractivity contribution < 1.29 is 9.84 Å². The minimum Gasteiger partial charge on any atom is -0.478 e. The van der Waals surface area contributed by atoms with Gasteiger partial charge in [-0.2, -0.15) is 0 Å². The Labute approximate surface area is 113 Å². The second kappa shape index (κ2) is 6.85. The molecule has 4 heteroatoms. The molecule has 0 aliphatic rings. The van der Waals surface area contributed by atoms with Crippen molar-refractivity contribution in [2.24, 2.45) is 0 Å². The van der Waals surface area contributed by atoms with Gasteiger partial charge in [0.05, 0.1) is 13.2 Å². The average molecular weight is 258 g/mol. The predicted octanol–water partition coefficient (Wildman–Crippen LogP) is 2.29. The zero-order valence-electron chi connectivity index (χ0n) is 11.0. The molecule has 0 bridgehead atoms. The average Bonchev–Trinajstić information content (AvgIpc) is 2.45. The lowest BCUT2D eigenvalue weighted by Gasteiger charge is -2.07. The highest BCUT2D eigenvalue weighted by atomic mass is 16.5. The highest BCUT2D eigenvalue weighted by Gasteiger charge is 2.01. The number of ether oxygens (including phenoxy) is 1. The van der Waals surface area contributed by atoms with Gasteiger partial charge in [0.1, 0.15) is 0 Å². The first-order valence-corrected chi connectivity index (χ1v) is 6.38. The van der Waals surface area contributed by atoms with Gasteiger partial charge in [0.25, 0.3) is 0 Å². The third-order valence-corrected chi connectivity index (χ3v) is 2.95. The molecular weight excluding hydrogens is 240 g/mol. The van der Waals surface area contributed by atoms with E-state index in [1.54, 1.807) is 18.5 Å². The summed E-state index contributed by atoms with van der Waals surface area (Å²) in [5.41, 5.74) is 2.91. The smallest absolute Gasteiger partial charge is 0.213 e. The van der Waals surface area contributed by atoms with Crippen molar-refractivity contribution in [1.29, 1.82) is 0 Å². The maximum absolute atomic E-state index is 9.06. The maximum Gasteiger partial charge on any atom is 0.213 e. The number of hydrogen-bond donors (Lipinski definition) is 1. The Morgan fingerprint density at radius 1 is 1.16 bits per heavy atom. The van der Waals surface area contributed by atoms with Crippen LogP contribution < -0.4 is 4.74 Å². The molecule has 0 saturated heterocycles. The van der Waals surface area contributed by atoms with E-state index in [1.165, 1.54) is 5.56 Å². The van der Waals surface area contributed by atoms with Crippen LogP contribution >= 0.6 is 0 Å². The summed E-state index contributed by atoms with van der Waals surface area (Å²) in [7, 11) is 0. The van der Waals surface area contributed by atoms with Crippen LogP contribution in [0.15, 0.2) is 36.7 Å². The fourth-order valence-corrected chi connectivity index (χ4v) is 1.82. The molecule has 19 heavy (non-hydrogen) atoms. The van der Waals surface area contributed by atoms with Crippen LogP contribution in [0.5, 0.6) is 5.88 Å². The summed E-state index contributed by atoms with van der Waals surface area (Å²) >= 11 is 0. The number of aliphatic hydroxyl groups excluding tert-OH is 1. The minimum absolute atomic E-state index is 0.0150. The molecule has 2 aromatic rings. The van der Waals surface area contributed by atoms with Gasteiger partial charge in [0.2, 0.25) is 5.88 Å². The largest absolute Gasteiger partial charge is 0.478 e. The molecule has 0 amide bonds. The van der Waals surface area contributed by atoms with Gasteiger partial charge in [-0.05, 0) is 49.1 Å². The van der Waals surface area contributed by atoms with Crippen LogP contribution in [0.2, 0.25) is 0 Å². The van der Waals surface area contributed by atoms with Gasteiger partial charge in [-0.3, -0.25) is 4.98 Å². The number of pyridine rings is 2. The predicted molar refractivity (Wildman–Crippen MR) is 72.9 cm³/mol. The topological polar surface area (TPSA) is 55.2 Å². The second-order valence-corrected chi connectivity index (χ2v) is 4.36. The van der Waals surface area contributed by atoms with Crippen LogP contribution in [0, 0.1) is 6.92 Å². The maximum atomic E-state index is 9.06. The Morgan fingerprint density at radius 2 is 1.95 bits per heavy atom. The number of aliphatic hydroxyl groups is 1. The van der Waals surface area contributed by atoms with Gasteiger partial charge < -0.3 is 9.84 Å². The number of rotatable bonds is 6. The fourth-order valence-electron chi connectivity index (χ4n) is 1.82. The van der Waals surface area contributed by atoms with Crippen LogP contribution in [-0.4, -0.2) is 21.7 Å². The molecule has 0 aliphatic heterocycles. The quantitative estimate of drug-likeness (QED) is 0.808. The van der Waals surface area contributed by atoms with Gasteiger partial charge >= 0.3 is 0 Å². The van der Waals surface area contributed by atoms with E-state index in [4.69, 9.17) is 9.84 Å². The molecule has 0 aliphatic carbocycles. The standard InChI is InChI=1S/C15H18N2O2/c1-12-14(11-18)4-5-15(17-12)19-10-2-3-13-6-8-16-9-7-13/h4-9,18H,2-3,10-11H2,1H3. The van der Waals surface area contributed by atoms with Gasteiger partial charge in [-0.1, -0.05) is 0 Å². The first kappa shape index (κ1) is 13.5. The molecule has 0 saturated carbocycles. The summed E-state index contributed by atoms with van der Waals surface area (Å²) in [5.74, 6) is 0.615. The molecule has 2 aromatic heterocycles. The van der Waals surface area contributed by atoms with E-state index >= 15 is 0 Å². The molecule has 0 radical (unpaired) electrons. The number of aromatic nitrogens is 2. The van der Waals surface area contributed by atoms with Gasteiger partial charge in [-0.25, -0.2) is 4.98 Å². The van der Waals surface area contributed by atoms with E-state index in [0.29, 0.717) is 12.5 Å². The van der Waals surface area contributed by atoms with Crippen molar-refractivity contribution in [1.82, 2.24) is 9.97 Å². The molecule has 0 fully saturated rings. The normalized spacial score (nSPS) is 10.4. The number of aryl methyl sites for hydroxylation is 2. The fraction of sp³-hybridized carbons (Fsp3) is 0.333. The van der Waals surface area contributed by atoms with Crippen LogP contribution in [0.4, 0.5) is 0 Å². The molecule has 1 N–H and O–H groups in total. The molecule has 0 unspecified atom stereocenters. The zero-order chi connectivity index (χ0) is 13.5. The Kier molecular flexibility index (Phi) is 4.86. The van der Waals surface area contributed by atoms with Crippen molar-refractivity contribution in [3.05, 3.63) is 53.5 Å². The van der Waals surface area contributed by atoms with Gasteiger partial charge in [0, 0.05) is 24.2 Å². The Bertz CT molecular complexity index is 515. The monoisotopic (exact) mass is 258 g/mol. The summed E-state index contributed by atoms with van der Waals surface area (Å²) in [5, 5.41) is 9.06. The van der Waals surface area contributed by atoms with Crippen LogP contribution in [-0.2, 0) is 13.0 Å². The molecular formula is C15H18N2O2. The van der Waals surface area contributed by atoms with Crippen molar-refractivity contribution in [3.8, 4) is 5.88 Å². The summed E-state index contributed by atoms with van der Waals surface area (Å²) in [6, 6.07) is 7.67. The van der Waals surface area contributed by atoms with E-state index < -0.39 is 0 Å². The van der Waals surface area contributed by atoms with Crippen LogP contribution in [0.1, 0.15) is 23.2 Å². The van der Waals surface area contributed by atoms with E-state index in [2.05, 4.69) is 9.97 Å².